The lowest BCUT2D eigenvalue weighted by molar-refractivity contribution is -0.122. The monoisotopic (exact) mass is 558 g/mol. The van der Waals surface area contributed by atoms with Gasteiger partial charge in [-0.3, -0.25) is 19.2 Å². The van der Waals surface area contributed by atoms with Gasteiger partial charge in [-0.25, -0.2) is 16.8 Å². The van der Waals surface area contributed by atoms with E-state index in [-0.39, 0.29) is 21.7 Å². The molecule has 0 aliphatic carbocycles. The smallest absolute Gasteiger partial charge is 0.267 e. The van der Waals surface area contributed by atoms with E-state index in [1.165, 1.54) is 6.08 Å². The highest BCUT2D eigenvalue weighted by Gasteiger charge is 2.35. The number of nitrogens with zero attached hydrogens (tertiary/aromatic N) is 2. The van der Waals surface area contributed by atoms with Crippen LogP contribution in [0.1, 0.15) is 13.8 Å². The zero-order valence-corrected chi connectivity index (χ0v) is 21.7. The summed E-state index contributed by atoms with van der Waals surface area (Å²) in [5.74, 6) is -2.03. The number of carbonyl (C=O) groups is 2. The number of amides is 2. The number of sulfonamides is 1. The summed E-state index contributed by atoms with van der Waals surface area (Å²) in [4.78, 5) is 26.3. The van der Waals surface area contributed by atoms with E-state index < -0.39 is 43.6 Å². The molecule has 3 rings (SSSR count). The molecular formula is C20H20N3O8S4-. The molecule has 188 valence electrons. The van der Waals surface area contributed by atoms with Gasteiger partial charge in [0.25, 0.3) is 15.9 Å². The van der Waals surface area contributed by atoms with E-state index in [9.17, 15) is 31.0 Å². The Labute approximate surface area is 212 Å². The summed E-state index contributed by atoms with van der Waals surface area (Å²) in [6, 6.07) is 6.93. The summed E-state index contributed by atoms with van der Waals surface area (Å²) in [6.07, 6.45) is 4.68. The van der Waals surface area contributed by atoms with Crippen LogP contribution in [0.3, 0.4) is 0 Å². The Bertz CT molecular complexity index is 1380. The highest BCUT2D eigenvalue weighted by molar-refractivity contribution is 8.26. The van der Waals surface area contributed by atoms with Crippen molar-refractivity contribution >= 4 is 65.9 Å². The number of ether oxygens (including phenoxy) is 1. The summed E-state index contributed by atoms with van der Waals surface area (Å²) in [7, 11) is -8.53. The molecule has 1 aromatic carbocycles. The predicted octanol–water partition coefficient (Wildman–Crippen LogP) is 1.39. The lowest BCUT2D eigenvalue weighted by Gasteiger charge is -2.19. The third-order valence-corrected chi connectivity index (χ3v) is 7.78. The molecular weight excluding hydrogens is 539 g/mol. The predicted molar refractivity (Wildman–Crippen MR) is 134 cm³/mol. The topological polar surface area (TPSA) is 153 Å². The number of thioether (sulfide) groups is 1. The fraction of sp³-hybridized carbons (Fsp3) is 0.250. The number of rotatable bonds is 8. The summed E-state index contributed by atoms with van der Waals surface area (Å²) in [5, 5.41) is 0. The maximum atomic E-state index is 12.7. The normalized spacial score (nSPS) is 18.9. The van der Waals surface area contributed by atoms with Gasteiger partial charge in [-0.05, 0) is 36.8 Å². The van der Waals surface area contributed by atoms with Crippen molar-refractivity contribution in [2.75, 3.05) is 23.1 Å². The molecule has 0 radical (unpaired) electrons. The van der Waals surface area contributed by atoms with Crippen LogP contribution in [-0.2, 0) is 29.7 Å². The Balaban J connectivity index is 1.79. The van der Waals surface area contributed by atoms with Crippen LogP contribution >= 0.6 is 24.0 Å². The average Bonchev–Trinajstić information content (AvgIpc) is 3.21. The Kier molecular flexibility index (Phi) is 8.06. The second-order valence-corrected chi connectivity index (χ2v) is 12.3. The van der Waals surface area contributed by atoms with Gasteiger partial charge in [0, 0.05) is 13.5 Å². The molecule has 0 unspecified atom stereocenters. The zero-order valence-electron chi connectivity index (χ0n) is 18.5. The number of carbonyl (C=O) groups excluding carboxylic acids is 2. The van der Waals surface area contributed by atoms with Crippen molar-refractivity contribution in [2.45, 2.75) is 13.8 Å². The molecule has 0 bridgehead atoms. The van der Waals surface area contributed by atoms with E-state index in [0.717, 1.165) is 23.6 Å². The van der Waals surface area contributed by atoms with Gasteiger partial charge in [0.1, 0.15) is 10.2 Å². The number of allylic oxidation sites excluding steroid dienone is 4. The van der Waals surface area contributed by atoms with Crippen molar-refractivity contribution in [1.82, 2.24) is 9.62 Å². The Hall–Kier alpha value is -2.72. The lowest BCUT2D eigenvalue weighted by Crippen LogP contribution is -2.40. The number of hydrogen-bond acceptors (Lipinski definition) is 11. The molecule has 11 nitrogen and oxygen atoms in total. The van der Waals surface area contributed by atoms with Crippen LogP contribution in [0.15, 0.2) is 58.9 Å². The summed E-state index contributed by atoms with van der Waals surface area (Å²) in [5.41, 5.74) is 1.19. The van der Waals surface area contributed by atoms with Crippen LogP contribution in [0.2, 0.25) is 0 Å². The van der Waals surface area contributed by atoms with Gasteiger partial charge < -0.3 is 14.2 Å². The minimum Gasteiger partial charge on any atom is -0.748 e. The van der Waals surface area contributed by atoms with Crippen molar-refractivity contribution in [3.63, 3.8) is 0 Å². The molecule has 35 heavy (non-hydrogen) atoms. The molecule has 0 atom stereocenters. The number of hydrogen-bond donors (Lipinski definition) is 1. The number of nitrogens with one attached hydrogen (secondary N) is 1. The first-order chi connectivity index (χ1) is 16.3. The van der Waals surface area contributed by atoms with E-state index in [1.807, 2.05) is 0 Å². The zero-order chi connectivity index (χ0) is 26.0. The fourth-order valence-corrected chi connectivity index (χ4v) is 6.06. The quantitative estimate of drug-likeness (QED) is 0.280. The van der Waals surface area contributed by atoms with Crippen molar-refractivity contribution in [3.8, 4) is 5.75 Å². The minimum atomic E-state index is -4.44. The van der Waals surface area contributed by atoms with E-state index >= 15 is 0 Å². The van der Waals surface area contributed by atoms with E-state index in [2.05, 4.69) is 0 Å². The van der Waals surface area contributed by atoms with Gasteiger partial charge in [-0.15, -0.1) is 0 Å². The van der Waals surface area contributed by atoms with Crippen LogP contribution in [0, 0.1) is 0 Å². The van der Waals surface area contributed by atoms with E-state index in [0.29, 0.717) is 17.0 Å². The van der Waals surface area contributed by atoms with Gasteiger partial charge in [0.05, 0.1) is 26.5 Å². The first-order valence-corrected chi connectivity index (χ1v) is 14.3. The molecule has 0 saturated carbocycles. The second-order valence-electron chi connectivity index (χ2n) is 7.41. The molecule has 0 spiro atoms. The molecule has 2 heterocycles. The first-order valence-electron chi connectivity index (χ1n) is 9.89. The number of thiocarbonyl (C=S) groups is 1. The van der Waals surface area contributed by atoms with Gasteiger partial charge >= 0.3 is 0 Å². The van der Waals surface area contributed by atoms with Crippen LogP contribution in [0.25, 0.3) is 0 Å². The highest BCUT2D eigenvalue weighted by Crippen LogP contribution is 2.38. The lowest BCUT2D eigenvalue weighted by atomic mass is 10.2. The summed E-state index contributed by atoms with van der Waals surface area (Å²) < 4.78 is 64.9. The maximum absolute atomic E-state index is 12.7. The van der Waals surface area contributed by atoms with Crippen LogP contribution in [0.4, 0.5) is 5.69 Å². The van der Waals surface area contributed by atoms with Crippen LogP contribution in [-0.4, -0.2) is 60.6 Å². The average molecular weight is 559 g/mol. The summed E-state index contributed by atoms with van der Waals surface area (Å²) in [6.45, 7) is 2.62. The van der Waals surface area contributed by atoms with Crippen LogP contribution < -0.4 is 14.4 Å². The highest BCUT2D eigenvalue weighted by atomic mass is 32.2. The SMILES string of the molecule is CC(=O)NS(=O)(=O)CN1C(=O)\C(=C/C(C)=C/C=C2\Oc3ccccc3N2CCS(=O)(=O)[O-])SC1=S. The summed E-state index contributed by atoms with van der Waals surface area (Å²) >= 11 is 6.03. The van der Waals surface area contributed by atoms with Gasteiger partial charge in [-0.2, -0.15) is 0 Å². The molecule has 2 aliphatic heterocycles. The Morgan fingerprint density at radius 1 is 1.20 bits per heavy atom. The van der Waals surface area contributed by atoms with Crippen molar-refractivity contribution < 1.29 is 35.7 Å². The molecule has 1 fully saturated rings. The van der Waals surface area contributed by atoms with Crippen molar-refractivity contribution in [3.05, 3.63) is 58.9 Å². The molecule has 15 heteroatoms. The van der Waals surface area contributed by atoms with Gasteiger partial charge in [0.2, 0.25) is 11.8 Å². The second kappa shape index (κ2) is 10.5. The molecule has 2 amide bonds. The van der Waals surface area contributed by atoms with Crippen LogP contribution in [0.5, 0.6) is 5.75 Å². The standard InChI is InChI=1S/C20H21N3O8S4/c1-13(11-17-19(25)23(20(32)33-17)12-34(26,27)21-14(2)24)7-8-18-22(9-10-35(28,29)30)15-5-3-4-6-16(15)31-18/h3-8,11H,9-10,12H2,1-2H3,(H,21,24)(H,28,29,30)/p-1/b13-7+,17-11+,18-8-. The first kappa shape index (κ1) is 26.9. The van der Waals surface area contributed by atoms with E-state index in [4.69, 9.17) is 17.0 Å². The molecule has 1 aromatic rings. The molecule has 1 N–H and O–H groups in total. The number of anilines is 1. The maximum Gasteiger partial charge on any atom is 0.267 e. The molecule has 1 saturated heterocycles. The van der Waals surface area contributed by atoms with Crippen molar-refractivity contribution in [1.29, 1.82) is 0 Å². The third kappa shape index (κ3) is 7.14. The molecule has 2 aliphatic rings. The Morgan fingerprint density at radius 3 is 2.54 bits per heavy atom. The largest absolute Gasteiger partial charge is 0.748 e. The number of para-hydroxylation sites is 2. The van der Waals surface area contributed by atoms with Gasteiger partial charge in [-0.1, -0.05) is 42.2 Å². The minimum absolute atomic E-state index is 0.0286. The fourth-order valence-electron chi connectivity index (χ4n) is 3.10. The van der Waals surface area contributed by atoms with E-state index in [1.54, 1.807) is 53.0 Å². The molecule has 0 aromatic heterocycles. The number of benzene rings is 1. The van der Waals surface area contributed by atoms with Crippen molar-refractivity contribution in [2.24, 2.45) is 0 Å². The van der Waals surface area contributed by atoms with Gasteiger partial charge in [0.15, 0.2) is 5.75 Å². The number of fused-ring (bicyclic) bond motifs is 1. The third-order valence-electron chi connectivity index (χ3n) is 4.52. The Morgan fingerprint density at radius 2 is 1.89 bits per heavy atom.